The van der Waals surface area contributed by atoms with Crippen LogP contribution in [-0.4, -0.2) is 49.1 Å². The average molecular weight is 392 g/mol. The second-order valence-corrected chi connectivity index (χ2v) is 6.85. The molecule has 1 fully saturated rings. The van der Waals surface area contributed by atoms with E-state index in [2.05, 4.69) is 15.3 Å². The molecule has 0 unspecified atom stereocenters. The molecular weight excluding hydrogens is 368 g/mol. The van der Waals surface area contributed by atoms with E-state index in [0.717, 1.165) is 41.6 Å². The van der Waals surface area contributed by atoms with E-state index in [9.17, 15) is 4.79 Å². The van der Waals surface area contributed by atoms with Gasteiger partial charge in [0.1, 0.15) is 5.75 Å². The van der Waals surface area contributed by atoms with Crippen LogP contribution in [0.5, 0.6) is 5.75 Å². The van der Waals surface area contributed by atoms with E-state index in [1.807, 2.05) is 55.5 Å². The van der Waals surface area contributed by atoms with Crippen LogP contribution in [0.2, 0.25) is 0 Å². The van der Waals surface area contributed by atoms with Gasteiger partial charge in [-0.3, -0.25) is 4.79 Å². The fourth-order valence-electron chi connectivity index (χ4n) is 3.43. The summed E-state index contributed by atoms with van der Waals surface area (Å²) in [7, 11) is 1.62. The molecule has 150 valence electrons. The summed E-state index contributed by atoms with van der Waals surface area (Å²) in [6.07, 6.45) is 0. The highest BCUT2D eigenvalue weighted by molar-refractivity contribution is 6.04. The number of aromatic nitrogens is 2. The average Bonchev–Trinajstić information content (AvgIpc) is 3.16. The van der Waals surface area contributed by atoms with E-state index in [4.69, 9.17) is 9.47 Å². The highest BCUT2D eigenvalue weighted by Crippen LogP contribution is 2.27. The first-order chi connectivity index (χ1) is 14.2. The van der Waals surface area contributed by atoms with Crippen LogP contribution in [0.1, 0.15) is 16.2 Å². The van der Waals surface area contributed by atoms with Crippen molar-refractivity contribution in [2.24, 2.45) is 0 Å². The molecule has 1 aromatic heterocycles. The minimum atomic E-state index is -0.240. The molecule has 7 heteroatoms. The number of nitrogens with one attached hydrogen (secondary N) is 1. The first kappa shape index (κ1) is 19.0. The van der Waals surface area contributed by atoms with E-state index < -0.39 is 0 Å². The summed E-state index contributed by atoms with van der Waals surface area (Å²) in [5, 5.41) is 7.53. The number of hydrogen-bond donors (Lipinski definition) is 1. The monoisotopic (exact) mass is 392 g/mol. The van der Waals surface area contributed by atoms with Crippen LogP contribution >= 0.6 is 0 Å². The molecule has 0 saturated carbocycles. The Bertz CT molecular complexity index is 1010. The lowest BCUT2D eigenvalue weighted by atomic mass is 10.2. The van der Waals surface area contributed by atoms with Gasteiger partial charge in [0.2, 0.25) is 0 Å². The molecule has 1 aliphatic heterocycles. The highest BCUT2D eigenvalue weighted by Gasteiger charge is 2.18. The van der Waals surface area contributed by atoms with Crippen molar-refractivity contribution in [3.8, 4) is 11.4 Å². The number of carbonyl (C=O) groups excluding carboxylic acids is 1. The van der Waals surface area contributed by atoms with E-state index in [-0.39, 0.29) is 5.91 Å². The number of amides is 1. The van der Waals surface area contributed by atoms with E-state index in [1.165, 1.54) is 0 Å². The van der Waals surface area contributed by atoms with Gasteiger partial charge in [0.05, 0.1) is 37.4 Å². The Morgan fingerprint density at radius 1 is 1.10 bits per heavy atom. The highest BCUT2D eigenvalue weighted by atomic mass is 16.5. The molecule has 0 atom stereocenters. The quantitative estimate of drug-likeness (QED) is 0.722. The summed E-state index contributed by atoms with van der Waals surface area (Å²) >= 11 is 0. The molecule has 0 bridgehead atoms. The van der Waals surface area contributed by atoms with Crippen molar-refractivity contribution < 1.29 is 14.3 Å². The lowest BCUT2D eigenvalue weighted by molar-refractivity contribution is 0.102. The van der Waals surface area contributed by atoms with Gasteiger partial charge in [-0.25, -0.2) is 4.68 Å². The molecule has 29 heavy (non-hydrogen) atoms. The second-order valence-electron chi connectivity index (χ2n) is 6.85. The molecule has 0 aliphatic carbocycles. The zero-order valence-corrected chi connectivity index (χ0v) is 16.6. The molecule has 1 amide bonds. The predicted octanol–water partition coefficient (Wildman–Crippen LogP) is 3.28. The summed E-state index contributed by atoms with van der Waals surface area (Å²) in [5.74, 6) is 0.498. The molecular formula is C22H24N4O3. The SMILES string of the molecule is COc1cccc(-n2nc(C(=O)Nc3ccccc3N3CCOCC3)cc2C)c1. The van der Waals surface area contributed by atoms with Gasteiger partial charge in [-0.05, 0) is 37.3 Å². The molecule has 3 aromatic rings. The van der Waals surface area contributed by atoms with E-state index in [0.29, 0.717) is 18.9 Å². The Kier molecular flexibility index (Phi) is 5.48. The molecule has 1 saturated heterocycles. The number of benzene rings is 2. The third kappa shape index (κ3) is 4.09. The van der Waals surface area contributed by atoms with Crippen LogP contribution < -0.4 is 15.0 Å². The van der Waals surface area contributed by atoms with Crippen LogP contribution in [0.3, 0.4) is 0 Å². The normalized spacial score (nSPS) is 13.9. The number of morpholine rings is 1. The molecule has 2 aromatic carbocycles. The second kappa shape index (κ2) is 8.36. The summed E-state index contributed by atoms with van der Waals surface area (Å²) in [5.41, 5.74) is 3.84. The third-order valence-corrected chi connectivity index (χ3v) is 4.92. The smallest absolute Gasteiger partial charge is 0.276 e. The number of methoxy groups -OCH3 is 1. The number of nitrogens with zero attached hydrogens (tertiary/aromatic N) is 3. The van der Waals surface area contributed by atoms with Gasteiger partial charge in [0, 0.05) is 24.8 Å². The van der Waals surface area contributed by atoms with Gasteiger partial charge in [-0.2, -0.15) is 5.10 Å². The fraction of sp³-hybridized carbons (Fsp3) is 0.273. The van der Waals surface area contributed by atoms with Crippen molar-refractivity contribution in [1.82, 2.24) is 9.78 Å². The van der Waals surface area contributed by atoms with E-state index in [1.54, 1.807) is 17.9 Å². The van der Waals surface area contributed by atoms with Crippen LogP contribution in [0.25, 0.3) is 5.69 Å². The van der Waals surface area contributed by atoms with Crippen molar-refractivity contribution in [2.75, 3.05) is 43.6 Å². The van der Waals surface area contributed by atoms with Crippen LogP contribution in [0.4, 0.5) is 11.4 Å². The third-order valence-electron chi connectivity index (χ3n) is 4.92. The van der Waals surface area contributed by atoms with Crippen molar-refractivity contribution >= 4 is 17.3 Å². The molecule has 1 aliphatic rings. The maximum atomic E-state index is 12.9. The first-order valence-electron chi connectivity index (χ1n) is 9.60. The Morgan fingerprint density at radius 3 is 2.69 bits per heavy atom. The number of rotatable bonds is 5. The standard InChI is InChI=1S/C22H24N4O3/c1-16-14-20(24-26(16)17-6-5-7-18(15-17)28-2)22(27)23-19-8-3-4-9-21(19)25-10-12-29-13-11-25/h3-9,14-15H,10-13H2,1-2H3,(H,23,27). The van der Waals surface area contributed by atoms with Gasteiger partial charge < -0.3 is 19.7 Å². The number of ether oxygens (including phenoxy) is 2. The minimum Gasteiger partial charge on any atom is -0.497 e. The van der Waals surface area contributed by atoms with Gasteiger partial charge >= 0.3 is 0 Å². The Labute approximate surface area is 169 Å². The van der Waals surface area contributed by atoms with Gasteiger partial charge in [0.15, 0.2) is 5.69 Å². The molecule has 1 N–H and O–H groups in total. The van der Waals surface area contributed by atoms with Crippen molar-refractivity contribution in [3.63, 3.8) is 0 Å². The van der Waals surface area contributed by atoms with Gasteiger partial charge in [-0.15, -0.1) is 0 Å². The van der Waals surface area contributed by atoms with Crippen molar-refractivity contribution in [3.05, 3.63) is 66.0 Å². The van der Waals surface area contributed by atoms with Gasteiger partial charge in [-0.1, -0.05) is 18.2 Å². The lowest BCUT2D eigenvalue weighted by Gasteiger charge is -2.30. The zero-order valence-electron chi connectivity index (χ0n) is 16.6. The maximum absolute atomic E-state index is 12.9. The predicted molar refractivity (Wildman–Crippen MR) is 112 cm³/mol. The molecule has 2 heterocycles. The largest absolute Gasteiger partial charge is 0.497 e. The summed E-state index contributed by atoms with van der Waals surface area (Å²) in [4.78, 5) is 15.1. The number of para-hydroxylation sites is 2. The topological polar surface area (TPSA) is 68.6 Å². The Balaban J connectivity index is 1.57. The van der Waals surface area contributed by atoms with Gasteiger partial charge in [0.25, 0.3) is 5.91 Å². The maximum Gasteiger partial charge on any atom is 0.276 e. The molecule has 7 nitrogen and oxygen atoms in total. The zero-order chi connectivity index (χ0) is 20.2. The molecule has 0 radical (unpaired) electrons. The number of hydrogen-bond acceptors (Lipinski definition) is 5. The Morgan fingerprint density at radius 2 is 1.90 bits per heavy atom. The summed E-state index contributed by atoms with van der Waals surface area (Å²) < 4.78 is 12.5. The van der Waals surface area contributed by atoms with Crippen molar-refractivity contribution in [1.29, 1.82) is 0 Å². The number of anilines is 2. The molecule has 4 rings (SSSR count). The van der Waals surface area contributed by atoms with Crippen LogP contribution in [-0.2, 0) is 4.74 Å². The van der Waals surface area contributed by atoms with Crippen LogP contribution in [0.15, 0.2) is 54.6 Å². The lowest BCUT2D eigenvalue weighted by Crippen LogP contribution is -2.36. The fourth-order valence-corrected chi connectivity index (χ4v) is 3.43. The van der Waals surface area contributed by atoms with E-state index >= 15 is 0 Å². The minimum absolute atomic E-state index is 0.240. The van der Waals surface area contributed by atoms with Crippen LogP contribution in [0, 0.1) is 6.92 Å². The first-order valence-corrected chi connectivity index (χ1v) is 9.60. The number of aryl methyl sites for hydroxylation is 1. The summed E-state index contributed by atoms with van der Waals surface area (Å²) in [6, 6.07) is 17.2. The molecule has 0 spiro atoms. The summed E-state index contributed by atoms with van der Waals surface area (Å²) in [6.45, 7) is 4.90. The Hall–Kier alpha value is -3.32. The van der Waals surface area contributed by atoms with Crippen molar-refractivity contribution in [2.45, 2.75) is 6.92 Å². The number of carbonyl (C=O) groups is 1.